The van der Waals surface area contributed by atoms with Gasteiger partial charge in [0, 0.05) is 19.0 Å². The monoisotopic (exact) mass is 539 g/mol. The SMILES string of the molecule is CCOC(=O)CCc1cc(C(F)(F)F)ccc1[C@@H](C)OC[C@H](O)CN1CCC[C@H]1Cc1ccc(C)c(F)c1. The number of hydrogen-bond acceptors (Lipinski definition) is 5. The van der Waals surface area contributed by atoms with E-state index in [9.17, 15) is 27.5 Å². The molecule has 5 nitrogen and oxygen atoms in total. The summed E-state index contributed by atoms with van der Waals surface area (Å²) in [5.41, 5.74) is 1.63. The molecule has 1 heterocycles. The first-order valence-electron chi connectivity index (χ1n) is 13.1. The first-order valence-corrected chi connectivity index (χ1v) is 13.1. The van der Waals surface area contributed by atoms with Gasteiger partial charge in [-0.05, 0) is 93.5 Å². The number of aliphatic hydroxyl groups excluding tert-OH is 1. The molecule has 1 aliphatic rings. The quantitative estimate of drug-likeness (QED) is 0.273. The van der Waals surface area contributed by atoms with Crippen molar-refractivity contribution in [2.24, 2.45) is 0 Å². The minimum Gasteiger partial charge on any atom is -0.466 e. The summed E-state index contributed by atoms with van der Waals surface area (Å²) in [6.45, 7) is 6.52. The Morgan fingerprint density at radius 2 is 1.97 bits per heavy atom. The van der Waals surface area contributed by atoms with Gasteiger partial charge in [0.05, 0.1) is 31.0 Å². The van der Waals surface area contributed by atoms with Crippen molar-refractivity contribution in [2.75, 3.05) is 26.3 Å². The summed E-state index contributed by atoms with van der Waals surface area (Å²) in [6.07, 6.45) is -3.22. The van der Waals surface area contributed by atoms with Gasteiger partial charge in [0.25, 0.3) is 0 Å². The Bertz CT molecular complexity index is 1080. The largest absolute Gasteiger partial charge is 0.466 e. The molecule has 2 aromatic rings. The number of carbonyl (C=O) groups excluding carboxylic acids is 1. The molecule has 0 radical (unpaired) electrons. The number of aliphatic hydroxyl groups is 1. The van der Waals surface area contributed by atoms with Crippen molar-refractivity contribution in [1.82, 2.24) is 4.90 Å². The molecule has 0 aliphatic carbocycles. The van der Waals surface area contributed by atoms with Gasteiger partial charge < -0.3 is 14.6 Å². The van der Waals surface area contributed by atoms with Crippen molar-refractivity contribution in [1.29, 1.82) is 0 Å². The Morgan fingerprint density at radius 1 is 1.21 bits per heavy atom. The predicted molar refractivity (Wildman–Crippen MR) is 136 cm³/mol. The molecule has 1 N–H and O–H groups in total. The second-order valence-electron chi connectivity index (χ2n) is 9.92. The molecular formula is C29H37F4NO4. The van der Waals surface area contributed by atoms with E-state index < -0.39 is 29.9 Å². The third kappa shape index (κ3) is 8.51. The lowest BCUT2D eigenvalue weighted by Crippen LogP contribution is -2.39. The first-order chi connectivity index (χ1) is 18.0. The second-order valence-corrected chi connectivity index (χ2v) is 9.92. The molecule has 0 bridgehead atoms. The molecule has 0 saturated carbocycles. The number of alkyl halides is 3. The third-order valence-electron chi connectivity index (χ3n) is 7.00. The van der Waals surface area contributed by atoms with Crippen LogP contribution in [0.2, 0.25) is 0 Å². The molecule has 210 valence electrons. The highest BCUT2D eigenvalue weighted by Gasteiger charge is 2.32. The van der Waals surface area contributed by atoms with Gasteiger partial charge in [-0.2, -0.15) is 13.2 Å². The zero-order valence-corrected chi connectivity index (χ0v) is 22.2. The van der Waals surface area contributed by atoms with Gasteiger partial charge in [-0.3, -0.25) is 9.69 Å². The van der Waals surface area contributed by atoms with Gasteiger partial charge in [0.2, 0.25) is 0 Å². The molecule has 3 rings (SSSR count). The fourth-order valence-corrected chi connectivity index (χ4v) is 4.94. The molecule has 0 unspecified atom stereocenters. The average Bonchev–Trinajstić information content (AvgIpc) is 3.29. The van der Waals surface area contributed by atoms with Gasteiger partial charge in [0.1, 0.15) is 5.82 Å². The number of carbonyl (C=O) groups is 1. The number of halogens is 4. The topological polar surface area (TPSA) is 59.0 Å². The lowest BCUT2D eigenvalue weighted by atomic mass is 9.96. The Kier molecular flexibility index (Phi) is 10.7. The van der Waals surface area contributed by atoms with E-state index in [1.807, 2.05) is 6.07 Å². The highest BCUT2D eigenvalue weighted by molar-refractivity contribution is 5.69. The van der Waals surface area contributed by atoms with Crippen molar-refractivity contribution in [2.45, 2.75) is 77.3 Å². The number of rotatable bonds is 12. The summed E-state index contributed by atoms with van der Waals surface area (Å²) < 4.78 is 64.6. The van der Waals surface area contributed by atoms with Crippen LogP contribution in [0.4, 0.5) is 17.6 Å². The molecule has 0 aromatic heterocycles. The Labute approximate surface area is 221 Å². The number of hydrogen-bond donors (Lipinski definition) is 1. The number of nitrogens with zero attached hydrogens (tertiary/aromatic N) is 1. The average molecular weight is 540 g/mol. The molecule has 1 aliphatic heterocycles. The van der Waals surface area contributed by atoms with Gasteiger partial charge >= 0.3 is 12.1 Å². The number of β-amino-alcohol motifs (C(OH)–C–C–N with tert-alkyl or cyclic N) is 1. The number of aryl methyl sites for hydroxylation is 2. The van der Waals surface area contributed by atoms with Crippen LogP contribution in [0.3, 0.4) is 0 Å². The molecule has 9 heteroatoms. The van der Waals surface area contributed by atoms with Crippen LogP contribution in [0.15, 0.2) is 36.4 Å². The Hall–Kier alpha value is -2.49. The molecule has 2 aromatic carbocycles. The lowest BCUT2D eigenvalue weighted by molar-refractivity contribution is -0.143. The normalized spacial score (nSPS) is 17.9. The minimum atomic E-state index is -4.51. The van der Waals surface area contributed by atoms with Crippen LogP contribution < -0.4 is 0 Å². The summed E-state index contributed by atoms with van der Waals surface area (Å²) in [6, 6.07) is 8.88. The maximum atomic E-state index is 14.0. The van der Waals surface area contributed by atoms with Crippen LogP contribution in [-0.2, 0) is 33.3 Å². The first kappa shape index (κ1) is 30.1. The van der Waals surface area contributed by atoms with E-state index in [1.54, 1.807) is 32.9 Å². The minimum absolute atomic E-state index is 0.00187. The van der Waals surface area contributed by atoms with E-state index >= 15 is 0 Å². The van der Waals surface area contributed by atoms with Crippen LogP contribution in [0, 0.1) is 12.7 Å². The molecule has 38 heavy (non-hydrogen) atoms. The molecule has 1 saturated heterocycles. The van der Waals surface area contributed by atoms with Gasteiger partial charge in [-0.15, -0.1) is 0 Å². The standard InChI is InChI=1S/C29H37F4NO4/c1-4-37-28(36)12-9-22-16-23(29(31,32)33)10-11-26(22)20(3)38-18-25(35)17-34-13-5-6-24(34)14-21-8-7-19(2)27(30)15-21/h7-8,10-11,15-16,20,24-25,35H,4-6,9,12-14,17-18H2,1-3H3/t20-,24+,25-/m1/s1. The zero-order valence-electron chi connectivity index (χ0n) is 22.2. The summed E-state index contributed by atoms with van der Waals surface area (Å²) in [4.78, 5) is 14.0. The summed E-state index contributed by atoms with van der Waals surface area (Å²) in [5, 5.41) is 10.7. The van der Waals surface area contributed by atoms with Crippen LogP contribution in [0.5, 0.6) is 0 Å². The number of benzene rings is 2. The van der Waals surface area contributed by atoms with Crippen LogP contribution in [-0.4, -0.2) is 54.4 Å². The summed E-state index contributed by atoms with van der Waals surface area (Å²) >= 11 is 0. The van der Waals surface area contributed by atoms with Crippen LogP contribution in [0.25, 0.3) is 0 Å². The molecule has 0 spiro atoms. The van der Waals surface area contributed by atoms with Crippen molar-refractivity contribution >= 4 is 5.97 Å². The predicted octanol–water partition coefficient (Wildman–Crippen LogP) is 5.79. The molecule has 1 fully saturated rings. The maximum Gasteiger partial charge on any atom is 0.416 e. The van der Waals surface area contributed by atoms with E-state index in [1.165, 1.54) is 6.07 Å². The fourth-order valence-electron chi connectivity index (χ4n) is 4.94. The van der Waals surface area contributed by atoms with Crippen molar-refractivity contribution < 1.29 is 36.9 Å². The maximum absolute atomic E-state index is 14.0. The van der Waals surface area contributed by atoms with Gasteiger partial charge in [-0.25, -0.2) is 4.39 Å². The summed E-state index contributed by atoms with van der Waals surface area (Å²) in [7, 11) is 0. The fraction of sp³-hybridized carbons (Fsp3) is 0.552. The van der Waals surface area contributed by atoms with Crippen LogP contribution in [0.1, 0.15) is 67.0 Å². The van der Waals surface area contributed by atoms with E-state index in [0.717, 1.165) is 37.1 Å². The van der Waals surface area contributed by atoms with E-state index in [4.69, 9.17) is 9.47 Å². The number of ether oxygens (including phenoxy) is 2. The van der Waals surface area contributed by atoms with E-state index in [-0.39, 0.29) is 37.9 Å². The smallest absolute Gasteiger partial charge is 0.416 e. The van der Waals surface area contributed by atoms with Crippen molar-refractivity contribution in [3.63, 3.8) is 0 Å². The number of likely N-dealkylation sites (tertiary alicyclic amines) is 1. The highest BCUT2D eigenvalue weighted by Crippen LogP contribution is 2.33. The van der Waals surface area contributed by atoms with E-state index in [2.05, 4.69) is 4.90 Å². The second kappa shape index (κ2) is 13.5. The molecule has 0 amide bonds. The van der Waals surface area contributed by atoms with E-state index in [0.29, 0.717) is 29.7 Å². The van der Waals surface area contributed by atoms with Crippen molar-refractivity contribution in [3.8, 4) is 0 Å². The van der Waals surface area contributed by atoms with Gasteiger partial charge in [-0.1, -0.05) is 18.2 Å². The third-order valence-corrected chi connectivity index (χ3v) is 7.00. The summed E-state index contributed by atoms with van der Waals surface area (Å²) in [5.74, 6) is -0.701. The highest BCUT2D eigenvalue weighted by atomic mass is 19.4. The molecular weight excluding hydrogens is 502 g/mol. The van der Waals surface area contributed by atoms with Crippen molar-refractivity contribution in [3.05, 3.63) is 70.0 Å². The van der Waals surface area contributed by atoms with Crippen LogP contribution >= 0.6 is 0 Å². The zero-order chi connectivity index (χ0) is 27.9. The number of esters is 1. The Balaban J connectivity index is 1.60. The van der Waals surface area contributed by atoms with Gasteiger partial charge in [0.15, 0.2) is 0 Å². The Morgan fingerprint density at radius 3 is 2.66 bits per heavy atom. The molecule has 3 atom stereocenters. The lowest BCUT2D eigenvalue weighted by Gasteiger charge is -2.28.